The minimum atomic E-state index is -0.752. The van der Waals surface area contributed by atoms with Crippen LogP contribution in [-0.2, 0) is 4.79 Å². The number of aliphatic carboxylic acids is 1. The second kappa shape index (κ2) is 3.92. The van der Waals surface area contributed by atoms with Crippen LogP contribution in [0, 0.1) is 5.92 Å². The van der Waals surface area contributed by atoms with Crippen LogP contribution in [0.3, 0.4) is 0 Å². The van der Waals surface area contributed by atoms with Crippen molar-refractivity contribution < 1.29 is 19.4 Å². The molecule has 5 heteroatoms. The van der Waals surface area contributed by atoms with Gasteiger partial charge in [0.25, 0.3) is 0 Å². The highest BCUT2D eigenvalue weighted by atomic mass is 16.7. The highest BCUT2D eigenvalue weighted by molar-refractivity contribution is 5.72. The molecule has 0 aliphatic carbocycles. The first-order valence-corrected chi connectivity index (χ1v) is 5.61. The average Bonchev–Trinajstić information content (AvgIpc) is 2.96. The van der Waals surface area contributed by atoms with Crippen molar-refractivity contribution in [2.75, 3.05) is 13.3 Å². The molecule has 2 aliphatic heterocycles. The summed E-state index contributed by atoms with van der Waals surface area (Å²) in [5, 5.41) is 12.4. The molecule has 5 nitrogen and oxygen atoms in total. The lowest BCUT2D eigenvalue weighted by Gasteiger charge is -2.16. The van der Waals surface area contributed by atoms with Gasteiger partial charge in [0.15, 0.2) is 11.5 Å². The Balaban J connectivity index is 1.91. The van der Waals surface area contributed by atoms with Crippen LogP contribution in [0.2, 0.25) is 0 Å². The number of ether oxygens (including phenoxy) is 2. The summed E-state index contributed by atoms with van der Waals surface area (Å²) in [7, 11) is 0. The highest BCUT2D eigenvalue weighted by Crippen LogP contribution is 2.37. The van der Waals surface area contributed by atoms with Gasteiger partial charge in [0, 0.05) is 6.04 Å². The Morgan fingerprint density at radius 1 is 1.35 bits per heavy atom. The quantitative estimate of drug-likeness (QED) is 0.804. The molecule has 17 heavy (non-hydrogen) atoms. The van der Waals surface area contributed by atoms with Crippen LogP contribution in [0.15, 0.2) is 18.2 Å². The maximum atomic E-state index is 11.1. The van der Waals surface area contributed by atoms with Crippen LogP contribution in [0.4, 0.5) is 0 Å². The number of nitrogens with one attached hydrogen (secondary N) is 1. The molecule has 1 fully saturated rings. The Bertz CT molecular complexity index is 460. The molecular weight excluding hydrogens is 222 g/mol. The Kier molecular flexibility index (Phi) is 2.40. The van der Waals surface area contributed by atoms with E-state index in [2.05, 4.69) is 5.32 Å². The van der Waals surface area contributed by atoms with Gasteiger partial charge in [-0.2, -0.15) is 0 Å². The van der Waals surface area contributed by atoms with E-state index in [1.165, 1.54) is 0 Å². The number of carboxylic acid groups (broad SMARTS) is 1. The van der Waals surface area contributed by atoms with E-state index in [0.29, 0.717) is 12.2 Å². The number of benzene rings is 1. The van der Waals surface area contributed by atoms with Gasteiger partial charge in [-0.25, -0.2) is 0 Å². The first-order valence-electron chi connectivity index (χ1n) is 5.61. The van der Waals surface area contributed by atoms with Crippen LogP contribution in [0.1, 0.15) is 18.0 Å². The molecule has 0 saturated carbocycles. The second-order valence-corrected chi connectivity index (χ2v) is 4.28. The number of rotatable bonds is 2. The van der Waals surface area contributed by atoms with Gasteiger partial charge in [-0.3, -0.25) is 4.79 Å². The number of carboxylic acids is 1. The summed E-state index contributed by atoms with van der Waals surface area (Å²) in [6.45, 7) is 0.968. The van der Waals surface area contributed by atoms with E-state index in [1.807, 2.05) is 18.2 Å². The summed E-state index contributed by atoms with van der Waals surface area (Å²) in [5.74, 6) is 0.298. The lowest BCUT2D eigenvalue weighted by Crippen LogP contribution is -2.23. The van der Waals surface area contributed by atoms with Crippen LogP contribution in [0.25, 0.3) is 0 Å². The normalized spacial score (nSPS) is 26.1. The SMILES string of the molecule is O=C(O)[C@H]1CCN[C@@H]1c1ccc2c(c1)OCO2. The first kappa shape index (κ1) is 10.4. The summed E-state index contributed by atoms with van der Waals surface area (Å²) < 4.78 is 10.5. The van der Waals surface area contributed by atoms with E-state index < -0.39 is 5.97 Å². The summed E-state index contributed by atoms with van der Waals surface area (Å²) in [6.07, 6.45) is 0.661. The second-order valence-electron chi connectivity index (χ2n) is 4.28. The minimum absolute atomic E-state index is 0.137. The van der Waals surface area contributed by atoms with Crippen LogP contribution in [0.5, 0.6) is 11.5 Å². The van der Waals surface area contributed by atoms with Crippen molar-refractivity contribution in [3.8, 4) is 11.5 Å². The van der Waals surface area contributed by atoms with E-state index in [4.69, 9.17) is 14.6 Å². The molecule has 1 aromatic rings. The fourth-order valence-electron chi connectivity index (χ4n) is 2.43. The molecule has 0 unspecified atom stereocenters. The highest BCUT2D eigenvalue weighted by Gasteiger charge is 2.34. The minimum Gasteiger partial charge on any atom is -0.481 e. The first-order chi connectivity index (χ1) is 8.25. The third-order valence-corrected chi connectivity index (χ3v) is 3.29. The predicted octanol–water partition coefficient (Wildman–Crippen LogP) is 1.15. The third-order valence-electron chi connectivity index (χ3n) is 3.29. The third kappa shape index (κ3) is 1.72. The number of fused-ring (bicyclic) bond motifs is 1. The van der Waals surface area contributed by atoms with Gasteiger partial charge < -0.3 is 19.9 Å². The molecule has 1 saturated heterocycles. The van der Waals surface area contributed by atoms with Gasteiger partial charge in [-0.05, 0) is 30.7 Å². The number of hydrogen-bond donors (Lipinski definition) is 2. The average molecular weight is 235 g/mol. The lowest BCUT2D eigenvalue weighted by molar-refractivity contribution is -0.142. The molecule has 0 amide bonds. The van der Waals surface area contributed by atoms with Gasteiger partial charge >= 0.3 is 5.97 Å². The monoisotopic (exact) mass is 235 g/mol. The van der Waals surface area contributed by atoms with E-state index in [1.54, 1.807) is 0 Å². The zero-order valence-corrected chi connectivity index (χ0v) is 9.18. The van der Waals surface area contributed by atoms with Crippen LogP contribution in [-0.4, -0.2) is 24.4 Å². The van der Waals surface area contributed by atoms with Gasteiger partial charge in [0.05, 0.1) is 5.92 Å². The Labute approximate surface area is 98.3 Å². The van der Waals surface area contributed by atoms with Crippen molar-refractivity contribution in [1.29, 1.82) is 0 Å². The number of hydrogen-bond acceptors (Lipinski definition) is 4. The fourth-order valence-corrected chi connectivity index (χ4v) is 2.43. The zero-order valence-electron chi connectivity index (χ0n) is 9.18. The zero-order chi connectivity index (χ0) is 11.8. The molecule has 2 aliphatic rings. The van der Waals surface area contributed by atoms with Crippen molar-refractivity contribution in [1.82, 2.24) is 5.32 Å². The topological polar surface area (TPSA) is 67.8 Å². The molecular formula is C12H13NO4. The summed E-state index contributed by atoms with van der Waals surface area (Å²) in [4.78, 5) is 11.1. The van der Waals surface area contributed by atoms with Gasteiger partial charge in [0.2, 0.25) is 6.79 Å². The van der Waals surface area contributed by atoms with Gasteiger partial charge in [-0.1, -0.05) is 6.07 Å². The molecule has 90 valence electrons. The standard InChI is InChI=1S/C12H13NO4/c14-12(15)8-3-4-13-11(8)7-1-2-9-10(5-7)17-6-16-9/h1-2,5,8,11,13H,3-4,6H2,(H,14,15)/t8-,11+/m0/s1. The Morgan fingerprint density at radius 3 is 3.00 bits per heavy atom. The van der Waals surface area contributed by atoms with Crippen LogP contribution >= 0.6 is 0 Å². The van der Waals surface area contributed by atoms with E-state index in [9.17, 15) is 4.79 Å². The Morgan fingerprint density at radius 2 is 2.18 bits per heavy atom. The molecule has 0 bridgehead atoms. The van der Waals surface area contributed by atoms with Crippen molar-refractivity contribution in [2.45, 2.75) is 12.5 Å². The molecule has 0 spiro atoms. The molecule has 2 N–H and O–H groups in total. The largest absolute Gasteiger partial charge is 0.481 e. The van der Waals surface area contributed by atoms with Gasteiger partial charge in [-0.15, -0.1) is 0 Å². The lowest BCUT2D eigenvalue weighted by atomic mass is 9.94. The van der Waals surface area contributed by atoms with Crippen molar-refractivity contribution in [2.24, 2.45) is 5.92 Å². The predicted molar refractivity (Wildman–Crippen MR) is 59.1 cm³/mol. The molecule has 1 aromatic carbocycles. The molecule has 3 rings (SSSR count). The summed E-state index contributed by atoms with van der Waals surface area (Å²) >= 11 is 0. The van der Waals surface area contributed by atoms with E-state index in [-0.39, 0.29) is 18.8 Å². The Hall–Kier alpha value is -1.75. The molecule has 2 heterocycles. The summed E-state index contributed by atoms with van der Waals surface area (Å²) in [5.41, 5.74) is 0.944. The maximum Gasteiger partial charge on any atom is 0.308 e. The van der Waals surface area contributed by atoms with Crippen molar-refractivity contribution in [3.05, 3.63) is 23.8 Å². The van der Waals surface area contributed by atoms with Crippen LogP contribution < -0.4 is 14.8 Å². The van der Waals surface area contributed by atoms with E-state index in [0.717, 1.165) is 17.9 Å². The fraction of sp³-hybridized carbons (Fsp3) is 0.417. The molecule has 2 atom stereocenters. The van der Waals surface area contributed by atoms with E-state index >= 15 is 0 Å². The van der Waals surface area contributed by atoms with Crippen molar-refractivity contribution >= 4 is 5.97 Å². The molecule has 0 radical (unpaired) electrons. The maximum absolute atomic E-state index is 11.1. The molecule has 0 aromatic heterocycles. The van der Waals surface area contributed by atoms with Crippen molar-refractivity contribution in [3.63, 3.8) is 0 Å². The van der Waals surface area contributed by atoms with Gasteiger partial charge in [0.1, 0.15) is 0 Å². The smallest absolute Gasteiger partial charge is 0.308 e. The number of carbonyl (C=O) groups is 1. The summed E-state index contributed by atoms with van der Waals surface area (Å²) in [6, 6.07) is 5.45.